The van der Waals surface area contributed by atoms with Gasteiger partial charge in [-0.15, -0.1) is 0 Å². The molecule has 2 aromatic heterocycles. The lowest BCUT2D eigenvalue weighted by molar-refractivity contribution is -0.134. The molecule has 2 aromatic rings. The molecule has 1 unspecified atom stereocenters. The van der Waals surface area contributed by atoms with Crippen LogP contribution in [0.4, 0.5) is 17.6 Å². The first-order valence-corrected chi connectivity index (χ1v) is 11.6. The van der Waals surface area contributed by atoms with E-state index in [1.165, 1.54) is 0 Å². The normalized spacial score (nSPS) is 21.6. The van der Waals surface area contributed by atoms with Crippen LogP contribution in [0.15, 0.2) is 18.5 Å². The molecule has 2 heterocycles. The quantitative estimate of drug-likeness (QED) is 0.538. The number of halogens is 4. The van der Waals surface area contributed by atoms with Gasteiger partial charge in [-0.1, -0.05) is 0 Å². The second-order valence-corrected chi connectivity index (χ2v) is 9.44. The van der Waals surface area contributed by atoms with Crippen molar-refractivity contribution in [1.82, 2.24) is 19.9 Å². The SMILES string of the molecule is CCOCC(NC(=O)CC1CC(F)(F)C1)c1cnn2cc(CC3CCC(F)(F)CC3)nc2c1. The van der Waals surface area contributed by atoms with Crippen molar-refractivity contribution in [2.24, 2.45) is 11.8 Å². The molecule has 2 fully saturated rings. The molecule has 2 aliphatic rings. The molecular weight excluding hydrogens is 440 g/mol. The number of carbonyl (C=O) groups is 1. The number of amides is 1. The van der Waals surface area contributed by atoms with Gasteiger partial charge < -0.3 is 10.1 Å². The topological polar surface area (TPSA) is 68.5 Å². The molecule has 1 amide bonds. The van der Waals surface area contributed by atoms with E-state index >= 15 is 0 Å². The fourth-order valence-electron chi connectivity index (χ4n) is 4.73. The Bertz CT molecular complexity index is 963. The highest BCUT2D eigenvalue weighted by Crippen LogP contribution is 2.44. The van der Waals surface area contributed by atoms with E-state index in [0.29, 0.717) is 37.1 Å². The van der Waals surface area contributed by atoms with Crippen molar-refractivity contribution in [3.05, 3.63) is 29.7 Å². The average molecular weight is 471 g/mol. The Morgan fingerprint density at radius 1 is 1.21 bits per heavy atom. The lowest BCUT2D eigenvalue weighted by Crippen LogP contribution is -2.40. The van der Waals surface area contributed by atoms with Crippen LogP contribution in [0.25, 0.3) is 5.65 Å². The highest BCUT2D eigenvalue weighted by atomic mass is 19.3. The molecule has 0 bridgehead atoms. The number of rotatable bonds is 9. The van der Waals surface area contributed by atoms with Crippen molar-refractivity contribution >= 4 is 11.6 Å². The van der Waals surface area contributed by atoms with Crippen molar-refractivity contribution in [2.75, 3.05) is 13.2 Å². The second-order valence-electron chi connectivity index (χ2n) is 9.44. The zero-order chi connectivity index (χ0) is 23.6. The molecular formula is C23H30F4N4O2. The Hall–Kier alpha value is -2.23. The number of fused-ring (bicyclic) bond motifs is 1. The molecule has 2 saturated carbocycles. The molecule has 0 aromatic carbocycles. The minimum atomic E-state index is -2.65. The Morgan fingerprint density at radius 2 is 1.94 bits per heavy atom. The summed E-state index contributed by atoms with van der Waals surface area (Å²) in [5.74, 6) is -5.62. The van der Waals surface area contributed by atoms with Gasteiger partial charge in [0.15, 0.2) is 5.65 Å². The minimum Gasteiger partial charge on any atom is -0.379 e. The molecule has 6 nitrogen and oxygen atoms in total. The molecule has 0 spiro atoms. The van der Waals surface area contributed by atoms with Crippen LogP contribution < -0.4 is 5.32 Å². The predicted molar refractivity (Wildman–Crippen MR) is 113 cm³/mol. The maximum atomic E-state index is 13.4. The number of carbonyl (C=O) groups excluding carboxylic acids is 1. The van der Waals surface area contributed by atoms with Crippen molar-refractivity contribution in [3.63, 3.8) is 0 Å². The number of nitrogens with zero attached hydrogens (tertiary/aromatic N) is 3. The third-order valence-corrected chi connectivity index (χ3v) is 6.60. The highest BCUT2D eigenvalue weighted by Gasteiger charge is 2.45. The van der Waals surface area contributed by atoms with Crippen molar-refractivity contribution in [1.29, 1.82) is 0 Å². The second kappa shape index (κ2) is 9.56. The van der Waals surface area contributed by atoms with Crippen molar-refractivity contribution in [3.8, 4) is 0 Å². The van der Waals surface area contributed by atoms with E-state index in [0.717, 1.165) is 5.69 Å². The first-order valence-electron chi connectivity index (χ1n) is 11.6. The van der Waals surface area contributed by atoms with E-state index in [2.05, 4.69) is 15.4 Å². The van der Waals surface area contributed by atoms with Crippen molar-refractivity contribution in [2.45, 2.75) is 76.2 Å². The van der Waals surface area contributed by atoms with E-state index in [1.807, 2.05) is 13.0 Å². The molecule has 0 aliphatic heterocycles. The summed E-state index contributed by atoms with van der Waals surface area (Å²) in [6.45, 7) is 2.54. The van der Waals surface area contributed by atoms with Crippen LogP contribution >= 0.6 is 0 Å². The monoisotopic (exact) mass is 470 g/mol. The van der Waals surface area contributed by atoms with Gasteiger partial charge >= 0.3 is 0 Å². The van der Waals surface area contributed by atoms with Crippen LogP contribution in [0.3, 0.4) is 0 Å². The summed E-state index contributed by atoms with van der Waals surface area (Å²) in [5.41, 5.74) is 2.10. The van der Waals surface area contributed by atoms with Crippen molar-refractivity contribution < 1.29 is 27.1 Å². The minimum absolute atomic E-state index is 0.0574. The van der Waals surface area contributed by atoms with E-state index < -0.39 is 17.9 Å². The van der Waals surface area contributed by atoms with Crippen LogP contribution in [0.2, 0.25) is 0 Å². The first-order chi connectivity index (χ1) is 15.6. The fourth-order valence-corrected chi connectivity index (χ4v) is 4.73. The summed E-state index contributed by atoms with van der Waals surface area (Å²) in [5, 5.41) is 7.27. The summed E-state index contributed by atoms with van der Waals surface area (Å²) in [7, 11) is 0. The van der Waals surface area contributed by atoms with Gasteiger partial charge in [0.05, 0.1) is 30.7 Å². The summed E-state index contributed by atoms with van der Waals surface area (Å²) < 4.78 is 60.1. The third-order valence-electron chi connectivity index (χ3n) is 6.60. The van der Waals surface area contributed by atoms with E-state index in [1.54, 1.807) is 16.9 Å². The maximum absolute atomic E-state index is 13.4. The van der Waals surface area contributed by atoms with Gasteiger partial charge in [0.25, 0.3) is 0 Å². The Morgan fingerprint density at radius 3 is 2.61 bits per heavy atom. The smallest absolute Gasteiger partial charge is 0.248 e. The van der Waals surface area contributed by atoms with Crippen LogP contribution in [0.1, 0.15) is 69.2 Å². The van der Waals surface area contributed by atoms with Crippen LogP contribution in [0.5, 0.6) is 0 Å². The molecule has 0 saturated heterocycles. The van der Waals surface area contributed by atoms with E-state index in [4.69, 9.17) is 4.74 Å². The number of nitrogens with one attached hydrogen (secondary N) is 1. The molecule has 10 heteroatoms. The summed E-state index contributed by atoms with van der Waals surface area (Å²) >= 11 is 0. The number of alkyl halides is 4. The molecule has 33 heavy (non-hydrogen) atoms. The van der Waals surface area contributed by atoms with E-state index in [-0.39, 0.29) is 56.5 Å². The lowest BCUT2D eigenvalue weighted by atomic mass is 9.79. The van der Waals surface area contributed by atoms with Gasteiger partial charge in [-0.2, -0.15) is 5.10 Å². The predicted octanol–water partition coefficient (Wildman–Crippen LogP) is 4.73. The average Bonchev–Trinajstić information content (AvgIpc) is 3.12. The Kier molecular flexibility index (Phi) is 6.93. The van der Waals surface area contributed by atoms with Gasteiger partial charge in [0.1, 0.15) is 0 Å². The number of hydrogen-bond donors (Lipinski definition) is 1. The van der Waals surface area contributed by atoms with Crippen LogP contribution in [-0.4, -0.2) is 45.6 Å². The van der Waals surface area contributed by atoms with Crippen LogP contribution in [-0.2, 0) is 16.0 Å². The number of imidazole rings is 1. The summed E-state index contributed by atoms with van der Waals surface area (Å²) in [6.07, 6.45) is 4.42. The number of aromatic nitrogens is 3. The van der Waals surface area contributed by atoms with Gasteiger partial charge in [-0.25, -0.2) is 27.1 Å². The molecule has 4 rings (SSSR count). The van der Waals surface area contributed by atoms with E-state index in [9.17, 15) is 22.4 Å². The van der Waals surface area contributed by atoms with Gasteiger partial charge in [-0.05, 0) is 44.1 Å². The lowest BCUT2D eigenvalue weighted by Gasteiger charge is -2.34. The molecule has 182 valence electrons. The maximum Gasteiger partial charge on any atom is 0.248 e. The van der Waals surface area contributed by atoms with Crippen LogP contribution in [0, 0.1) is 11.8 Å². The molecule has 1 N–H and O–H groups in total. The third kappa shape index (κ3) is 6.22. The Labute approximate surface area is 190 Å². The molecule has 1 atom stereocenters. The fraction of sp³-hybridized carbons (Fsp3) is 0.696. The zero-order valence-corrected chi connectivity index (χ0v) is 18.7. The standard InChI is InChI=1S/C23H30F4N4O2/c1-2-33-14-19(30-21(32)8-16-10-23(26,27)11-16)17-9-20-29-18(13-31(20)28-12-17)7-15-3-5-22(24,25)6-4-15/h9,12-13,15-16,19H,2-8,10-11,14H2,1H3,(H,30,32). The molecule has 2 aliphatic carbocycles. The summed E-state index contributed by atoms with van der Waals surface area (Å²) in [4.78, 5) is 17.0. The molecule has 0 radical (unpaired) electrons. The summed E-state index contributed by atoms with van der Waals surface area (Å²) in [6, 6.07) is 1.34. The zero-order valence-electron chi connectivity index (χ0n) is 18.7. The highest BCUT2D eigenvalue weighted by molar-refractivity contribution is 5.77. The number of ether oxygens (including phenoxy) is 1. The number of hydrogen-bond acceptors (Lipinski definition) is 4. The first kappa shape index (κ1) is 23.9. The van der Waals surface area contributed by atoms with Gasteiger partial charge in [-0.3, -0.25) is 4.79 Å². The Balaban J connectivity index is 1.41. The largest absolute Gasteiger partial charge is 0.379 e. The van der Waals surface area contributed by atoms with Gasteiger partial charge in [0, 0.05) is 44.3 Å². The van der Waals surface area contributed by atoms with Gasteiger partial charge in [0.2, 0.25) is 17.8 Å².